The number of aromatic amines is 1. The van der Waals surface area contributed by atoms with Gasteiger partial charge in [0.25, 0.3) is 0 Å². The number of tetrazole rings is 1. The van der Waals surface area contributed by atoms with Gasteiger partial charge in [-0.3, -0.25) is 4.90 Å². The highest BCUT2D eigenvalue weighted by molar-refractivity contribution is 5.67. The lowest BCUT2D eigenvalue weighted by Crippen LogP contribution is -2.37. The van der Waals surface area contributed by atoms with Gasteiger partial charge >= 0.3 is 0 Å². The van der Waals surface area contributed by atoms with Crippen molar-refractivity contribution in [1.29, 1.82) is 0 Å². The van der Waals surface area contributed by atoms with E-state index < -0.39 is 0 Å². The Labute approximate surface area is 146 Å². The molecule has 1 aromatic heterocycles. The van der Waals surface area contributed by atoms with E-state index >= 15 is 0 Å². The van der Waals surface area contributed by atoms with E-state index in [4.69, 9.17) is 4.74 Å². The van der Waals surface area contributed by atoms with Gasteiger partial charge in [0.15, 0.2) is 0 Å². The fourth-order valence-corrected chi connectivity index (χ4v) is 3.23. The Kier molecular flexibility index (Phi) is 4.54. The van der Waals surface area contributed by atoms with Crippen molar-refractivity contribution >= 4 is 0 Å². The number of hydrogen-bond acceptors (Lipinski definition) is 5. The molecule has 6 heteroatoms. The Bertz CT molecular complexity index is 793. The second-order valence-corrected chi connectivity index (χ2v) is 6.26. The minimum Gasteiger partial charge on any atom is -0.379 e. The third kappa shape index (κ3) is 3.45. The van der Waals surface area contributed by atoms with Crippen LogP contribution in [0.5, 0.6) is 0 Å². The molecule has 3 aromatic rings. The van der Waals surface area contributed by atoms with Crippen LogP contribution >= 0.6 is 0 Å². The normalized spacial score (nSPS) is 16.7. The average molecular weight is 335 g/mol. The first-order valence-electron chi connectivity index (χ1n) is 8.57. The molecule has 1 N–H and O–H groups in total. The summed E-state index contributed by atoms with van der Waals surface area (Å²) in [6.45, 7) is 5.92. The summed E-state index contributed by atoms with van der Waals surface area (Å²) in [4.78, 5) is 2.47. The molecule has 1 atom stereocenters. The molecule has 1 saturated heterocycles. The van der Waals surface area contributed by atoms with Gasteiger partial charge in [-0.15, -0.1) is 10.2 Å². The third-order valence-electron chi connectivity index (χ3n) is 4.81. The molecule has 4 rings (SSSR count). The van der Waals surface area contributed by atoms with Crippen molar-refractivity contribution in [2.45, 2.75) is 13.0 Å². The molecule has 1 unspecified atom stereocenters. The molecular formula is C19H21N5O. The highest BCUT2D eigenvalue weighted by Crippen LogP contribution is 2.26. The summed E-state index contributed by atoms with van der Waals surface area (Å²) in [5.41, 5.74) is 4.68. The molecule has 1 fully saturated rings. The van der Waals surface area contributed by atoms with E-state index in [0.29, 0.717) is 11.9 Å². The number of H-pyrrole nitrogens is 1. The van der Waals surface area contributed by atoms with Crippen LogP contribution in [-0.4, -0.2) is 51.8 Å². The van der Waals surface area contributed by atoms with Gasteiger partial charge in [-0.05, 0) is 28.8 Å². The van der Waals surface area contributed by atoms with E-state index in [0.717, 1.165) is 31.9 Å². The summed E-state index contributed by atoms with van der Waals surface area (Å²) in [6.07, 6.45) is 0. The van der Waals surface area contributed by atoms with Gasteiger partial charge in [-0.2, -0.15) is 5.21 Å². The second-order valence-electron chi connectivity index (χ2n) is 6.26. The zero-order valence-corrected chi connectivity index (χ0v) is 14.2. The lowest BCUT2D eigenvalue weighted by Gasteiger charge is -2.32. The standard InChI is InChI=1S/C19H21N5O/c1-14(24-10-12-25-13-11-24)15-2-4-16(5-3-15)17-6-8-18(9-7-17)19-20-22-23-21-19/h2-9,14H,10-13H2,1H3,(H,20,21,22,23). The maximum atomic E-state index is 5.44. The second kappa shape index (κ2) is 7.13. The summed E-state index contributed by atoms with van der Waals surface area (Å²) in [7, 11) is 0. The average Bonchev–Trinajstić information content (AvgIpc) is 3.23. The molecule has 0 amide bonds. The fourth-order valence-electron chi connectivity index (χ4n) is 3.23. The van der Waals surface area contributed by atoms with Crippen molar-refractivity contribution in [3.8, 4) is 22.5 Å². The zero-order chi connectivity index (χ0) is 17.1. The van der Waals surface area contributed by atoms with E-state index in [1.165, 1.54) is 16.7 Å². The first-order chi connectivity index (χ1) is 12.3. The van der Waals surface area contributed by atoms with Crippen molar-refractivity contribution in [1.82, 2.24) is 25.5 Å². The van der Waals surface area contributed by atoms with Crippen molar-refractivity contribution in [3.05, 3.63) is 54.1 Å². The maximum absolute atomic E-state index is 5.44. The predicted molar refractivity (Wildman–Crippen MR) is 95.9 cm³/mol. The van der Waals surface area contributed by atoms with Crippen molar-refractivity contribution < 1.29 is 4.74 Å². The van der Waals surface area contributed by atoms with E-state index in [1.807, 2.05) is 12.1 Å². The van der Waals surface area contributed by atoms with Gasteiger partial charge in [0, 0.05) is 24.7 Å². The summed E-state index contributed by atoms with van der Waals surface area (Å²) < 4.78 is 5.44. The van der Waals surface area contributed by atoms with Crippen LogP contribution in [0.25, 0.3) is 22.5 Å². The molecule has 0 aliphatic carbocycles. The van der Waals surface area contributed by atoms with Crippen LogP contribution in [0.2, 0.25) is 0 Å². The van der Waals surface area contributed by atoms with Crippen molar-refractivity contribution in [2.24, 2.45) is 0 Å². The minimum absolute atomic E-state index is 0.415. The van der Waals surface area contributed by atoms with Gasteiger partial charge in [-0.25, -0.2) is 0 Å². The number of nitrogens with one attached hydrogen (secondary N) is 1. The molecule has 6 nitrogen and oxygen atoms in total. The summed E-state index contributed by atoms with van der Waals surface area (Å²) >= 11 is 0. The first kappa shape index (κ1) is 15.9. The van der Waals surface area contributed by atoms with E-state index in [-0.39, 0.29) is 0 Å². The van der Waals surface area contributed by atoms with Crippen LogP contribution < -0.4 is 0 Å². The van der Waals surface area contributed by atoms with E-state index in [1.54, 1.807) is 0 Å². The van der Waals surface area contributed by atoms with Crippen LogP contribution in [0.4, 0.5) is 0 Å². The highest BCUT2D eigenvalue weighted by atomic mass is 16.5. The smallest absolute Gasteiger partial charge is 0.204 e. The molecular weight excluding hydrogens is 314 g/mol. The number of ether oxygens (including phenoxy) is 1. The van der Waals surface area contributed by atoms with E-state index in [9.17, 15) is 0 Å². The Balaban J connectivity index is 1.49. The van der Waals surface area contributed by atoms with Crippen LogP contribution in [0, 0.1) is 0 Å². The molecule has 0 spiro atoms. The quantitative estimate of drug-likeness (QED) is 0.794. The number of morpholine rings is 1. The van der Waals surface area contributed by atoms with Crippen LogP contribution in [0.1, 0.15) is 18.5 Å². The molecule has 2 aromatic carbocycles. The Hall–Kier alpha value is -2.57. The first-order valence-corrected chi connectivity index (χ1v) is 8.57. The summed E-state index contributed by atoms with van der Waals surface area (Å²) in [5, 5.41) is 14.1. The SMILES string of the molecule is CC(c1ccc(-c2ccc(-c3nn[nH]n3)cc2)cc1)N1CCOCC1. The molecule has 25 heavy (non-hydrogen) atoms. The summed E-state index contributed by atoms with van der Waals surface area (Å²) in [6, 6.07) is 17.5. The van der Waals surface area contributed by atoms with Crippen LogP contribution in [0.15, 0.2) is 48.5 Å². The van der Waals surface area contributed by atoms with Gasteiger partial charge < -0.3 is 4.74 Å². The van der Waals surface area contributed by atoms with E-state index in [2.05, 4.69) is 68.8 Å². The van der Waals surface area contributed by atoms with Crippen molar-refractivity contribution in [3.63, 3.8) is 0 Å². The highest BCUT2D eigenvalue weighted by Gasteiger charge is 2.18. The predicted octanol–water partition coefficient (Wildman–Crippen LogP) is 2.93. The summed E-state index contributed by atoms with van der Waals surface area (Å²) in [5.74, 6) is 0.612. The molecule has 0 radical (unpaired) electrons. The zero-order valence-electron chi connectivity index (χ0n) is 14.2. The molecule has 0 saturated carbocycles. The topological polar surface area (TPSA) is 66.9 Å². The fraction of sp³-hybridized carbons (Fsp3) is 0.316. The van der Waals surface area contributed by atoms with Gasteiger partial charge in [0.1, 0.15) is 0 Å². The van der Waals surface area contributed by atoms with Crippen LogP contribution in [-0.2, 0) is 4.74 Å². The van der Waals surface area contributed by atoms with Crippen molar-refractivity contribution in [2.75, 3.05) is 26.3 Å². The molecule has 2 heterocycles. The Morgan fingerprint density at radius 3 is 2.12 bits per heavy atom. The Morgan fingerprint density at radius 1 is 0.920 bits per heavy atom. The van der Waals surface area contributed by atoms with Gasteiger partial charge in [0.2, 0.25) is 5.82 Å². The molecule has 0 bridgehead atoms. The molecule has 1 aliphatic heterocycles. The number of benzene rings is 2. The Morgan fingerprint density at radius 2 is 1.52 bits per heavy atom. The number of aromatic nitrogens is 4. The lowest BCUT2D eigenvalue weighted by atomic mass is 9.99. The maximum Gasteiger partial charge on any atom is 0.204 e. The molecule has 128 valence electrons. The molecule has 1 aliphatic rings. The lowest BCUT2D eigenvalue weighted by molar-refractivity contribution is 0.0198. The monoisotopic (exact) mass is 335 g/mol. The minimum atomic E-state index is 0.415. The third-order valence-corrected chi connectivity index (χ3v) is 4.81. The van der Waals surface area contributed by atoms with Gasteiger partial charge in [-0.1, -0.05) is 48.5 Å². The number of rotatable bonds is 4. The van der Waals surface area contributed by atoms with Gasteiger partial charge in [0.05, 0.1) is 13.2 Å². The largest absolute Gasteiger partial charge is 0.379 e. The number of nitrogens with zero attached hydrogens (tertiary/aromatic N) is 4. The van der Waals surface area contributed by atoms with Crippen LogP contribution in [0.3, 0.4) is 0 Å². The number of hydrogen-bond donors (Lipinski definition) is 1.